The highest BCUT2D eigenvalue weighted by Crippen LogP contribution is 2.38. The van der Waals surface area contributed by atoms with E-state index in [1.54, 1.807) is 42.5 Å². The molecule has 0 bridgehead atoms. The summed E-state index contributed by atoms with van der Waals surface area (Å²) in [6.45, 7) is 0.948. The van der Waals surface area contributed by atoms with Crippen LogP contribution in [0.3, 0.4) is 0 Å². The topological polar surface area (TPSA) is 68.5 Å². The van der Waals surface area contributed by atoms with E-state index in [4.69, 9.17) is 31.1 Å². The van der Waals surface area contributed by atoms with Crippen LogP contribution in [0.25, 0.3) is 6.08 Å². The number of esters is 1. The summed E-state index contributed by atoms with van der Waals surface area (Å²) in [6, 6.07) is 12.5. The van der Waals surface area contributed by atoms with Gasteiger partial charge in [0.2, 0.25) is 0 Å². The zero-order chi connectivity index (χ0) is 17.6. The van der Waals surface area contributed by atoms with Crippen molar-refractivity contribution >= 4 is 23.6 Å². The Morgan fingerprint density at radius 1 is 1.28 bits per heavy atom. The molecule has 0 amide bonds. The minimum absolute atomic E-state index is 0.0365. The zero-order valence-electron chi connectivity index (χ0n) is 13.2. The van der Waals surface area contributed by atoms with Gasteiger partial charge in [-0.3, -0.25) is 0 Å². The lowest BCUT2D eigenvalue weighted by Crippen LogP contribution is -2.15. The maximum absolute atomic E-state index is 11.9. The minimum Gasteiger partial charge on any atom is -0.486 e. The number of rotatable bonds is 4. The summed E-state index contributed by atoms with van der Waals surface area (Å²) >= 11 is 6.15. The molecule has 0 radical (unpaired) electrons. The van der Waals surface area contributed by atoms with Gasteiger partial charge >= 0.3 is 5.97 Å². The number of hydrogen-bond acceptors (Lipinski definition) is 5. The molecule has 0 aliphatic carbocycles. The highest BCUT2D eigenvalue weighted by molar-refractivity contribution is 6.32. The fraction of sp³-hybridized carbons (Fsp3) is 0.158. The van der Waals surface area contributed by atoms with Crippen molar-refractivity contribution in [2.45, 2.75) is 6.61 Å². The fourth-order valence-corrected chi connectivity index (χ4v) is 2.62. The van der Waals surface area contributed by atoms with Crippen LogP contribution in [-0.4, -0.2) is 19.2 Å². The summed E-state index contributed by atoms with van der Waals surface area (Å²) in [5.74, 6) is 0.550. The maximum atomic E-state index is 11.9. The number of carbonyl (C=O) groups is 1. The van der Waals surface area contributed by atoms with Crippen LogP contribution >= 0.6 is 11.6 Å². The van der Waals surface area contributed by atoms with Crippen molar-refractivity contribution < 1.29 is 19.0 Å². The molecular weight excluding hydrogens is 342 g/mol. The van der Waals surface area contributed by atoms with Crippen molar-refractivity contribution in [3.8, 4) is 17.6 Å². The number of nitrogens with zero attached hydrogens (tertiary/aromatic N) is 1. The highest BCUT2D eigenvalue weighted by atomic mass is 35.5. The molecule has 126 valence electrons. The molecule has 5 nitrogen and oxygen atoms in total. The van der Waals surface area contributed by atoms with Crippen molar-refractivity contribution in [3.05, 3.63) is 64.2 Å². The molecule has 0 saturated carbocycles. The normalized spacial score (nSPS) is 12.6. The van der Waals surface area contributed by atoms with E-state index in [0.717, 1.165) is 0 Å². The number of halogens is 1. The van der Waals surface area contributed by atoms with Gasteiger partial charge < -0.3 is 14.2 Å². The second kappa shape index (κ2) is 7.73. The molecule has 1 aliphatic rings. The van der Waals surface area contributed by atoms with Gasteiger partial charge in [-0.05, 0) is 29.8 Å². The minimum atomic E-state index is -0.515. The standard InChI is InChI=1S/C19H14ClNO4/c20-16-9-13(10-17-19(16)24-8-7-23-17)5-6-18(22)25-12-15-4-2-1-3-14(15)11-21/h1-6,9-10H,7-8,12H2/b6-5+. The molecule has 0 saturated heterocycles. The van der Waals surface area contributed by atoms with Crippen LogP contribution in [0.1, 0.15) is 16.7 Å². The summed E-state index contributed by atoms with van der Waals surface area (Å²) in [4.78, 5) is 11.9. The number of benzene rings is 2. The van der Waals surface area contributed by atoms with Gasteiger partial charge in [-0.15, -0.1) is 0 Å². The van der Waals surface area contributed by atoms with Gasteiger partial charge in [-0.1, -0.05) is 29.8 Å². The van der Waals surface area contributed by atoms with Crippen molar-refractivity contribution in [2.75, 3.05) is 13.2 Å². The van der Waals surface area contributed by atoms with E-state index < -0.39 is 5.97 Å². The summed E-state index contributed by atoms with van der Waals surface area (Å²) in [7, 11) is 0. The average molecular weight is 356 g/mol. The van der Waals surface area contributed by atoms with E-state index in [1.165, 1.54) is 6.08 Å². The van der Waals surface area contributed by atoms with Crippen LogP contribution < -0.4 is 9.47 Å². The van der Waals surface area contributed by atoms with Gasteiger partial charge in [0.25, 0.3) is 0 Å². The van der Waals surface area contributed by atoms with Gasteiger partial charge in [-0.2, -0.15) is 5.26 Å². The van der Waals surface area contributed by atoms with E-state index in [0.29, 0.717) is 46.4 Å². The Hall–Kier alpha value is -2.97. The maximum Gasteiger partial charge on any atom is 0.331 e. The zero-order valence-corrected chi connectivity index (χ0v) is 14.0. The van der Waals surface area contributed by atoms with Gasteiger partial charge in [0.05, 0.1) is 16.7 Å². The van der Waals surface area contributed by atoms with Gasteiger partial charge in [0, 0.05) is 11.6 Å². The molecule has 1 heterocycles. The van der Waals surface area contributed by atoms with Gasteiger partial charge in [0.1, 0.15) is 19.8 Å². The van der Waals surface area contributed by atoms with Crippen molar-refractivity contribution in [1.82, 2.24) is 0 Å². The van der Waals surface area contributed by atoms with Crippen LogP contribution in [0.15, 0.2) is 42.5 Å². The molecule has 1 aliphatic heterocycles. The first kappa shape index (κ1) is 16.9. The Morgan fingerprint density at radius 2 is 2.08 bits per heavy atom. The number of fused-ring (bicyclic) bond motifs is 1. The predicted octanol–water partition coefficient (Wildman–Crippen LogP) is 3.74. The molecule has 0 fully saturated rings. The molecule has 0 unspecified atom stereocenters. The van der Waals surface area contributed by atoms with E-state index >= 15 is 0 Å². The molecule has 0 aromatic heterocycles. The largest absolute Gasteiger partial charge is 0.486 e. The van der Waals surface area contributed by atoms with Crippen LogP contribution in [0, 0.1) is 11.3 Å². The van der Waals surface area contributed by atoms with E-state index in [1.807, 2.05) is 0 Å². The van der Waals surface area contributed by atoms with E-state index in [9.17, 15) is 4.79 Å². The monoisotopic (exact) mass is 355 g/mol. The molecule has 3 rings (SSSR count). The molecule has 2 aromatic carbocycles. The SMILES string of the molecule is N#Cc1ccccc1COC(=O)/C=C/c1cc(Cl)c2c(c1)OCCO2. The van der Waals surface area contributed by atoms with Crippen molar-refractivity contribution in [3.63, 3.8) is 0 Å². The first-order valence-corrected chi connectivity index (χ1v) is 7.97. The number of ether oxygens (including phenoxy) is 3. The van der Waals surface area contributed by atoms with Crippen LogP contribution in [0.2, 0.25) is 5.02 Å². The Kier molecular flexibility index (Phi) is 5.22. The second-order valence-corrected chi connectivity index (χ2v) is 5.64. The summed E-state index contributed by atoms with van der Waals surface area (Å²) in [5, 5.41) is 9.44. The van der Waals surface area contributed by atoms with Gasteiger partial charge in [0.15, 0.2) is 11.5 Å². The Labute approximate surface area is 150 Å². The third-order valence-corrected chi connectivity index (χ3v) is 3.82. The third kappa shape index (κ3) is 4.11. The van der Waals surface area contributed by atoms with Crippen molar-refractivity contribution in [1.29, 1.82) is 5.26 Å². The fourth-order valence-electron chi connectivity index (χ4n) is 2.34. The third-order valence-electron chi connectivity index (χ3n) is 3.54. The molecule has 0 atom stereocenters. The molecule has 0 spiro atoms. The first-order chi connectivity index (χ1) is 12.2. The van der Waals surface area contributed by atoms with Crippen LogP contribution in [0.4, 0.5) is 0 Å². The van der Waals surface area contributed by atoms with Crippen molar-refractivity contribution in [2.24, 2.45) is 0 Å². The lowest BCUT2D eigenvalue weighted by Gasteiger charge is -2.19. The number of hydrogen-bond donors (Lipinski definition) is 0. The molecular formula is C19H14ClNO4. The lowest BCUT2D eigenvalue weighted by molar-refractivity contribution is -0.138. The summed E-state index contributed by atoms with van der Waals surface area (Å²) in [5.41, 5.74) is 1.84. The lowest BCUT2D eigenvalue weighted by atomic mass is 10.1. The smallest absolute Gasteiger partial charge is 0.331 e. The number of carbonyl (C=O) groups excluding carboxylic acids is 1. The van der Waals surface area contributed by atoms with E-state index in [-0.39, 0.29) is 6.61 Å². The van der Waals surface area contributed by atoms with Gasteiger partial charge in [-0.25, -0.2) is 4.79 Å². The molecule has 6 heteroatoms. The molecule has 2 aromatic rings. The second-order valence-electron chi connectivity index (χ2n) is 5.24. The Bertz CT molecular complexity index is 870. The summed E-state index contributed by atoms with van der Waals surface area (Å²) < 4.78 is 16.1. The Morgan fingerprint density at radius 3 is 2.92 bits per heavy atom. The summed E-state index contributed by atoms with van der Waals surface area (Å²) in [6.07, 6.45) is 2.89. The Balaban J connectivity index is 1.65. The average Bonchev–Trinajstić information content (AvgIpc) is 2.65. The number of nitriles is 1. The highest BCUT2D eigenvalue weighted by Gasteiger charge is 2.16. The first-order valence-electron chi connectivity index (χ1n) is 7.59. The van der Waals surface area contributed by atoms with Crippen LogP contribution in [0.5, 0.6) is 11.5 Å². The van der Waals surface area contributed by atoms with Crippen LogP contribution in [-0.2, 0) is 16.1 Å². The van der Waals surface area contributed by atoms with E-state index in [2.05, 4.69) is 6.07 Å². The molecule has 25 heavy (non-hydrogen) atoms. The quantitative estimate of drug-likeness (QED) is 0.617. The molecule has 0 N–H and O–H groups in total. The predicted molar refractivity (Wildman–Crippen MR) is 92.4 cm³/mol.